The van der Waals surface area contributed by atoms with Crippen LogP contribution in [0.3, 0.4) is 0 Å². The SMILES string of the molecule is C=C(C)C(=O)O.C=C(C)C(=O)O.O=P(O)(O)O.OCCOCCOCCO. The molecule has 0 saturated carbocycles. The van der Waals surface area contributed by atoms with Crippen molar-refractivity contribution in [2.75, 3.05) is 39.6 Å². The lowest BCUT2D eigenvalue weighted by Crippen LogP contribution is -2.09. The first kappa shape index (κ1) is 33.0. The van der Waals surface area contributed by atoms with Crippen LogP contribution in [0.4, 0.5) is 0 Å². The Morgan fingerprint density at radius 3 is 1.07 bits per heavy atom. The lowest BCUT2D eigenvalue weighted by Gasteiger charge is -2.01. The van der Waals surface area contributed by atoms with Crippen LogP contribution in [-0.2, 0) is 23.6 Å². The third-order valence-electron chi connectivity index (χ3n) is 1.57. The van der Waals surface area contributed by atoms with Crippen molar-refractivity contribution in [1.82, 2.24) is 0 Å². The van der Waals surface area contributed by atoms with Crippen molar-refractivity contribution in [3.05, 3.63) is 24.3 Å². The van der Waals surface area contributed by atoms with E-state index in [0.29, 0.717) is 26.4 Å². The molecule has 0 bridgehead atoms. The van der Waals surface area contributed by atoms with Gasteiger partial charge in [-0.1, -0.05) is 13.2 Å². The number of aliphatic hydroxyl groups excluding tert-OH is 2. The molecular weight excluding hydrogens is 391 g/mol. The number of carboxylic acids is 2. The molecule has 0 unspecified atom stereocenters. The van der Waals surface area contributed by atoms with Crippen LogP contribution in [0.25, 0.3) is 0 Å². The summed E-state index contributed by atoms with van der Waals surface area (Å²) in [4.78, 5) is 40.8. The minimum atomic E-state index is -4.64. The average Bonchev–Trinajstić information content (AvgIpc) is 2.50. The van der Waals surface area contributed by atoms with Gasteiger partial charge in [0.25, 0.3) is 0 Å². The van der Waals surface area contributed by atoms with E-state index in [4.69, 9.17) is 49.1 Å². The number of carboxylic acid groups (broad SMARTS) is 2. The molecule has 0 fully saturated rings. The second kappa shape index (κ2) is 22.4. The molecule has 0 atom stereocenters. The highest BCUT2D eigenvalue weighted by Crippen LogP contribution is 2.25. The van der Waals surface area contributed by atoms with Gasteiger partial charge in [-0.2, -0.15) is 0 Å². The number of hydrogen-bond donors (Lipinski definition) is 7. The minimum absolute atomic E-state index is 0.0417. The normalized spacial score (nSPS) is 9.30. The predicted octanol–water partition coefficient (Wildman–Crippen LogP) is -0.630. The highest BCUT2D eigenvalue weighted by Gasteiger charge is 2.00. The first-order valence-electron chi connectivity index (χ1n) is 7.13. The average molecular weight is 420 g/mol. The van der Waals surface area contributed by atoms with Gasteiger partial charge in [-0.25, -0.2) is 14.2 Å². The van der Waals surface area contributed by atoms with Gasteiger partial charge >= 0.3 is 19.8 Å². The molecule has 27 heavy (non-hydrogen) atoms. The second-order valence-corrected chi connectivity index (χ2v) is 5.38. The predicted molar refractivity (Wildman–Crippen MR) is 95.0 cm³/mol. The molecule has 0 aliphatic carbocycles. The number of aliphatic hydroxyl groups is 2. The summed E-state index contributed by atoms with van der Waals surface area (Å²) in [5.74, 6) is -1.87. The van der Waals surface area contributed by atoms with E-state index in [-0.39, 0.29) is 24.4 Å². The summed E-state index contributed by atoms with van der Waals surface area (Å²) < 4.78 is 18.6. The van der Waals surface area contributed by atoms with E-state index in [1.165, 1.54) is 13.8 Å². The summed E-state index contributed by atoms with van der Waals surface area (Å²) in [6.07, 6.45) is 0. The first-order chi connectivity index (χ1) is 12.2. The van der Waals surface area contributed by atoms with Crippen molar-refractivity contribution < 1.29 is 58.7 Å². The molecule has 7 N–H and O–H groups in total. The van der Waals surface area contributed by atoms with E-state index in [9.17, 15) is 9.59 Å². The molecule has 0 spiro atoms. The summed E-state index contributed by atoms with van der Waals surface area (Å²) in [7, 11) is -4.64. The summed E-state index contributed by atoms with van der Waals surface area (Å²) in [5, 5.41) is 32.3. The second-order valence-electron chi connectivity index (χ2n) is 4.36. The van der Waals surface area contributed by atoms with E-state index in [2.05, 4.69) is 13.2 Å². The van der Waals surface area contributed by atoms with Crippen LogP contribution in [0.5, 0.6) is 0 Å². The van der Waals surface area contributed by atoms with E-state index < -0.39 is 19.8 Å². The van der Waals surface area contributed by atoms with E-state index >= 15 is 0 Å². The molecule has 0 aliphatic heterocycles. The minimum Gasteiger partial charge on any atom is -0.478 e. The lowest BCUT2D eigenvalue weighted by atomic mass is 10.4. The smallest absolute Gasteiger partial charge is 0.466 e. The van der Waals surface area contributed by atoms with Gasteiger partial charge in [-0.15, -0.1) is 0 Å². The Labute approximate surface area is 157 Å². The number of carbonyl (C=O) groups is 2. The number of phosphoric acid groups is 1. The van der Waals surface area contributed by atoms with E-state index in [0.717, 1.165) is 0 Å². The van der Waals surface area contributed by atoms with Crippen molar-refractivity contribution in [1.29, 1.82) is 0 Å². The summed E-state index contributed by atoms with van der Waals surface area (Å²) in [5.41, 5.74) is 0.352. The number of ether oxygens (including phenoxy) is 2. The maximum atomic E-state index is 9.60. The number of rotatable bonds is 9. The summed E-state index contributed by atoms with van der Waals surface area (Å²) in [6.45, 7) is 10.9. The fourth-order valence-electron chi connectivity index (χ4n) is 0.451. The van der Waals surface area contributed by atoms with Crippen LogP contribution in [0.15, 0.2) is 24.3 Å². The molecule has 0 radical (unpaired) electrons. The third-order valence-corrected chi connectivity index (χ3v) is 1.57. The molecule has 0 aromatic rings. The largest absolute Gasteiger partial charge is 0.478 e. The highest BCUT2D eigenvalue weighted by molar-refractivity contribution is 7.45. The lowest BCUT2D eigenvalue weighted by molar-refractivity contribution is -0.133. The molecule has 13 heteroatoms. The maximum absolute atomic E-state index is 9.60. The fourth-order valence-corrected chi connectivity index (χ4v) is 0.451. The van der Waals surface area contributed by atoms with E-state index in [1.54, 1.807) is 0 Å². The van der Waals surface area contributed by atoms with Gasteiger partial charge in [0.15, 0.2) is 0 Å². The molecule has 0 aromatic heterocycles. The molecule has 0 aromatic carbocycles. The van der Waals surface area contributed by atoms with Crippen LogP contribution in [0.1, 0.15) is 13.8 Å². The van der Waals surface area contributed by atoms with Gasteiger partial charge in [0, 0.05) is 11.1 Å². The van der Waals surface area contributed by atoms with Gasteiger partial charge in [0.05, 0.1) is 39.6 Å². The van der Waals surface area contributed by atoms with Crippen LogP contribution in [0.2, 0.25) is 0 Å². The quantitative estimate of drug-likeness (QED) is 0.141. The van der Waals surface area contributed by atoms with Crippen molar-refractivity contribution >= 4 is 19.8 Å². The Hall–Kier alpha value is -1.63. The summed E-state index contributed by atoms with van der Waals surface area (Å²) >= 11 is 0. The van der Waals surface area contributed by atoms with Gasteiger partial charge in [-0.3, -0.25) is 0 Å². The zero-order chi connectivity index (χ0) is 22.5. The van der Waals surface area contributed by atoms with Crippen molar-refractivity contribution in [2.45, 2.75) is 13.8 Å². The Bertz CT molecular complexity index is 393. The van der Waals surface area contributed by atoms with E-state index in [1.807, 2.05) is 0 Å². The van der Waals surface area contributed by atoms with Gasteiger partial charge in [0.1, 0.15) is 0 Å². The van der Waals surface area contributed by atoms with Crippen LogP contribution in [-0.4, -0.2) is 86.7 Å². The Morgan fingerprint density at radius 1 is 0.778 bits per heavy atom. The monoisotopic (exact) mass is 420 g/mol. The molecule has 0 rings (SSSR count). The Morgan fingerprint density at radius 2 is 0.963 bits per heavy atom. The zero-order valence-electron chi connectivity index (χ0n) is 15.3. The highest BCUT2D eigenvalue weighted by atomic mass is 31.2. The standard InChI is InChI=1S/C6H14O4.2C4H6O2.H3O4P/c7-1-3-9-5-6-10-4-2-8;2*1-3(2)4(5)6;1-5(2,3)4/h7-8H,1-6H2;2*1H2,2H3,(H,5,6);(H3,1,2,3,4). The fraction of sp³-hybridized carbons (Fsp3) is 0.571. The molecule has 12 nitrogen and oxygen atoms in total. The van der Waals surface area contributed by atoms with Gasteiger partial charge in [0.2, 0.25) is 0 Å². The Kier molecular flexibility index (Phi) is 27.4. The molecule has 162 valence electrons. The Balaban J connectivity index is -0.000000137. The topological polar surface area (TPSA) is 211 Å². The third kappa shape index (κ3) is 68.2. The molecule has 0 aliphatic rings. The van der Waals surface area contributed by atoms with Gasteiger partial charge < -0.3 is 44.6 Å². The number of hydrogen-bond acceptors (Lipinski definition) is 7. The molecule has 0 amide bonds. The molecule has 0 saturated heterocycles. The van der Waals surface area contributed by atoms with Crippen LogP contribution < -0.4 is 0 Å². The van der Waals surface area contributed by atoms with Crippen molar-refractivity contribution in [3.63, 3.8) is 0 Å². The van der Waals surface area contributed by atoms with Crippen LogP contribution in [0, 0.1) is 0 Å². The van der Waals surface area contributed by atoms with Crippen molar-refractivity contribution in [3.8, 4) is 0 Å². The van der Waals surface area contributed by atoms with Crippen molar-refractivity contribution in [2.24, 2.45) is 0 Å². The zero-order valence-corrected chi connectivity index (χ0v) is 16.2. The van der Waals surface area contributed by atoms with Crippen LogP contribution >= 0.6 is 7.82 Å². The number of aliphatic carboxylic acids is 2. The summed E-state index contributed by atoms with van der Waals surface area (Å²) in [6, 6.07) is 0. The molecule has 0 heterocycles. The first-order valence-corrected chi connectivity index (χ1v) is 8.70. The molecular formula is C14H29O12P. The van der Waals surface area contributed by atoms with Gasteiger partial charge in [-0.05, 0) is 13.8 Å². The maximum Gasteiger partial charge on any atom is 0.466 e.